The number of H-pyrrole nitrogens is 1. The third kappa shape index (κ3) is 9.91. The number of guanidine groups is 1. The van der Waals surface area contributed by atoms with E-state index in [0.717, 1.165) is 16.5 Å². The number of aromatic hydroxyl groups is 1. The van der Waals surface area contributed by atoms with Crippen molar-refractivity contribution in [3.63, 3.8) is 0 Å². The van der Waals surface area contributed by atoms with Crippen molar-refractivity contribution in [1.29, 1.82) is 0 Å². The van der Waals surface area contributed by atoms with Crippen LogP contribution in [0.25, 0.3) is 10.9 Å². The number of benzene rings is 2. The van der Waals surface area contributed by atoms with E-state index in [1.54, 1.807) is 6.20 Å². The molecule has 0 radical (unpaired) electrons. The number of aliphatic carboxylic acids is 1. The standard InChI is InChI=1S/C29H38N8O6S/c30-20(13-17-14-34-21-5-2-1-4-19(17)21)25(39)37-24(15-44)27(41)35-22(6-3-11-33-29(31)32)26(40)36-23(28(42)43)12-16-7-9-18(38)10-8-16/h1-2,4-5,7-10,14,20,22-24,34,38,44H,3,6,11-13,15,30H2,(H,35,41)(H,36,40)(H,37,39)(H,42,43)(H4,31,32,33). The summed E-state index contributed by atoms with van der Waals surface area (Å²) in [4.78, 5) is 58.3. The monoisotopic (exact) mass is 626 g/mol. The quantitative estimate of drug-likeness (QED) is 0.0425. The summed E-state index contributed by atoms with van der Waals surface area (Å²) in [6.07, 6.45) is 2.26. The Morgan fingerprint density at radius 3 is 2.18 bits per heavy atom. The van der Waals surface area contributed by atoms with Gasteiger partial charge in [-0.25, -0.2) is 4.79 Å². The first-order valence-electron chi connectivity index (χ1n) is 13.9. The molecule has 15 heteroatoms. The van der Waals surface area contributed by atoms with Crippen molar-refractivity contribution >= 4 is 53.2 Å². The van der Waals surface area contributed by atoms with Crippen LogP contribution < -0.4 is 33.2 Å². The first kappa shape index (κ1) is 33.7. The highest BCUT2D eigenvalue weighted by molar-refractivity contribution is 7.80. The van der Waals surface area contributed by atoms with Crippen molar-refractivity contribution in [3.8, 4) is 5.75 Å². The number of nitrogens with zero attached hydrogens (tertiary/aromatic N) is 1. The number of nitrogens with one attached hydrogen (secondary N) is 4. The van der Waals surface area contributed by atoms with E-state index in [1.807, 2.05) is 24.3 Å². The molecule has 0 fully saturated rings. The van der Waals surface area contributed by atoms with Gasteiger partial charge in [-0.05, 0) is 48.6 Å². The average Bonchev–Trinajstić information content (AvgIpc) is 3.40. The van der Waals surface area contributed by atoms with E-state index in [0.29, 0.717) is 5.56 Å². The Kier molecular flexibility index (Phi) is 12.4. The Bertz CT molecular complexity index is 1470. The number of rotatable bonds is 16. The number of carbonyl (C=O) groups excluding carboxylic acids is 3. The van der Waals surface area contributed by atoms with Gasteiger partial charge in [0.15, 0.2) is 5.96 Å². The number of hydrogen-bond acceptors (Lipinski definition) is 8. The van der Waals surface area contributed by atoms with E-state index in [4.69, 9.17) is 17.2 Å². The summed E-state index contributed by atoms with van der Waals surface area (Å²) in [5.74, 6) is -3.57. The first-order valence-corrected chi connectivity index (χ1v) is 14.5. The molecule has 14 nitrogen and oxygen atoms in total. The number of aromatic amines is 1. The van der Waals surface area contributed by atoms with Crippen molar-refractivity contribution < 1.29 is 29.4 Å². The molecule has 0 aliphatic carbocycles. The van der Waals surface area contributed by atoms with Crippen LogP contribution in [0.1, 0.15) is 24.0 Å². The third-order valence-corrected chi connectivity index (χ3v) is 7.20. The molecule has 4 atom stereocenters. The van der Waals surface area contributed by atoms with Gasteiger partial charge in [-0.2, -0.15) is 12.6 Å². The summed E-state index contributed by atoms with van der Waals surface area (Å²) in [7, 11) is 0. The normalized spacial score (nSPS) is 13.7. The Morgan fingerprint density at radius 2 is 1.52 bits per heavy atom. The van der Waals surface area contributed by atoms with Gasteiger partial charge in [0, 0.05) is 35.8 Å². The number of phenols is 1. The van der Waals surface area contributed by atoms with Crippen LogP contribution in [0.3, 0.4) is 0 Å². The fraction of sp³-hybridized carbons (Fsp3) is 0.345. The van der Waals surface area contributed by atoms with Crippen LogP contribution in [-0.4, -0.2) is 81.3 Å². The zero-order valence-corrected chi connectivity index (χ0v) is 24.8. The van der Waals surface area contributed by atoms with Gasteiger partial charge in [0.05, 0.1) is 6.04 Å². The molecule has 12 N–H and O–H groups in total. The van der Waals surface area contributed by atoms with Gasteiger partial charge in [-0.1, -0.05) is 30.3 Å². The maximum absolute atomic E-state index is 13.2. The summed E-state index contributed by atoms with van der Waals surface area (Å²) in [6.45, 7) is 0.160. The van der Waals surface area contributed by atoms with Crippen molar-refractivity contribution in [2.24, 2.45) is 22.2 Å². The van der Waals surface area contributed by atoms with E-state index < -0.39 is 47.9 Å². The summed E-state index contributed by atoms with van der Waals surface area (Å²) < 4.78 is 0. The Labute approximate surface area is 259 Å². The maximum atomic E-state index is 13.2. The number of aromatic nitrogens is 1. The minimum atomic E-state index is -1.33. The van der Waals surface area contributed by atoms with Crippen LogP contribution in [0.15, 0.2) is 59.7 Å². The van der Waals surface area contributed by atoms with Gasteiger partial charge in [0.25, 0.3) is 0 Å². The molecule has 44 heavy (non-hydrogen) atoms. The highest BCUT2D eigenvalue weighted by Gasteiger charge is 2.30. The average molecular weight is 627 g/mol. The second kappa shape index (κ2) is 16.2. The zero-order chi connectivity index (χ0) is 32.2. The number of fused-ring (bicyclic) bond motifs is 1. The number of phenolic OH excluding ortho intramolecular Hbond substituents is 1. The van der Waals surface area contributed by atoms with Gasteiger partial charge in [-0.3, -0.25) is 19.4 Å². The molecule has 0 aliphatic rings. The molecule has 1 aromatic heterocycles. The SMILES string of the molecule is NC(N)=NCCCC(NC(=O)C(CS)NC(=O)C(N)Cc1c[nH]c2ccccc12)C(=O)NC(Cc1ccc(O)cc1)C(=O)O. The summed E-state index contributed by atoms with van der Waals surface area (Å²) in [5, 5.41) is 27.8. The minimum absolute atomic E-state index is 0.0120. The third-order valence-electron chi connectivity index (χ3n) is 6.84. The van der Waals surface area contributed by atoms with E-state index in [9.17, 15) is 29.4 Å². The second-order valence-electron chi connectivity index (χ2n) is 10.2. The van der Waals surface area contributed by atoms with Crippen LogP contribution in [0.5, 0.6) is 5.75 Å². The highest BCUT2D eigenvalue weighted by atomic mass is 32.1. The van der Waals surface area contributed by atoms with E-state index in [1.165, 1.54) is 24.3 Å². The smallest absolute Gasteiger partial charge is 0.326 e. The molecule has 3 rings (SSSR count). The van der Waals surface area contributed by atoms with Gasteiger partial charge in [0.1, 0.15) is 23.9 Å². The van der Waals surface area contributed by atoms with Crippen LogP contribution in [0.4, 0.5) is 0 Å². The predicted molar refractivity (Wildman–Crippen MR) is 169 cm³/mol. The topological polar surface area (TPSA) is 251 Å². The number of aliphatic imine (C=N–C) groups is 1. The van der Waals surface area contributed by atoms with Crippen molar-refractivity contribution in [2.45, 2.75) is 49.9 Å². The minimum Gasteiger partial charge on any atom is -0.508 e. The number of para-hydroxylation sites is 1. The number of nitrogens with two attached hydrogens (primary N) is 3. The number of amides is 3. The van der Waals surface area contributed by atoms with E-state index >= 15 is 0 Å². The molecule has 4 unspecified atom stereocenters. The Balaban J connectivity index is 1.67. The van der Waals surface area contributed by atoms with Crippen molar-refractivity contribution in [3.05, 3.63) is 65.9 Å². The van der Waals surface area contributed by atoms with Crippen LogP contribution >= 0.6 is 12.6 Å². The number of carboxylic acid groups (broad SMARTS) is 1. The summed E-state index contributed by atoms with van der Waals surface area (Å²) >= 11 is 4.20. The molecule has 0 saturated carbocycles. The number of carboxylic acids is 1. The number of hydrogen-bond donors (Lipinski definition) is 10. The molecule has 3 aromatic rings. The molecular weight excluding hydrogens is 588 g/mol. The number of carbonyl (C=O) groups is 4. The molecule has 1 heterocycles. The van der Waals surface area contributed by atoms with E-state index in [-0.39, 0.29) is 49.7 Å². The lowest BCUT2D eigenvalue weighted by Crippen LogP contribution is -2.58. The maximum Gasteiger partial charge on any atom is 0.326 e. The lowest BCUT2D eigenvalue weighted by molar-refractivity contribution is -0.142. The van der Waals surface area contributed by atoms with E-state index in [2.05, 4.69) is 38.6 Å². The van der Waals surface area contributed by atoms with Gasteiger partial charge < -0.3 is 48.3 Å². The van der Waals surface area contributed by atoms with Crippen molar-refractivity contribution in [1.82, 2.24) is 20.9 Å². The molecule has 3 amide bonds. The first-order chi connectivity index (χ1) is 21.0. The molecule has 236 valence electrons. The largest absolute Gasteiger partial charge is 0.508 e. The Morgan fingerprint density at radius 1 is 0.886 bits per heavy atom. The predicted octanol–water partition coefficient (Wildman–Crippen LogP) is -0.492. The molecule has 0 spiro atoms. The second-order valence-corrected chi connectivity index (χ2v) is 10.6. The molecule has 0 bridgehead atoms. The van der Waals surface area contributed by atoms with Gasteiger partial charge in [0.2, 0.25) is 17.7 Å². The molecule has 0 aliphatic heterocycles. The lowest BCUT2D eigenvalue weighted by atomic mass is 10.0. The van der Waals surface area contributed by atoms with Gasteiger partial charge in [-0.15, -0.1) is 0 Å². The van der Waals surface area contributed by atoms with Crippen LogP contribution in [0, 0.1) is 0 Å². The fourth-order valence-electron chi connectivity index (χ4n) is 4.49. The molecular formula is C29H38N8O6S. The van der Waals surface area contributed by atoms with Crippen LogP contribution in [-0.2, 0) is 32.0 Å². The summed E-state index contributed by atoms with van der Waals surface area (Å²) in [6, 6.07) is 8.84. The highest BCUT2D eigenvalue weighted by Crippen LogP contribution is 2.19. The van der Waals surface area contributed by atoms with Gasteiger partial charge >= 0.3 is 5.97 Å². The zero-order valence-electron chi connectivity index (χ0n) is 23.9. The lowest BCUT2D eigenvalue weighted by Gasteiger charge is -2.24. The number of thiol groups is 1. The molecule has 2 aromatic carbocycles. The molecule has 0 saturated heterocycles. The van der Waals surface area contributed by atoms with Crippen molar-refractivity contribution in [2.75, 3.05) is 12.3 Å². The Hall–Kier alpha value is -4.76. The fourth-order valence-corrected chi connectivity index (χ4v) is 4.74. The summed E-state index contributed by atoms with van der Waals surface area (Å²) in [5.41, 5.74) is 19.2. The van der Waals surface area contributed by atoms with Crippen LogP contribution in [0.2, 0.25) is 0 Å².